The number of carbonyl (C=O) groups is 3. The van der Waals surface area contributed by atoms with E-state index in [0.717, 1.165) is 10.6 Å². The van der Waals surface area contributed by atoms with Crippen LogP contribution in [-0.2, 0) is 4.79 Å². The van der Waals surface area contributed by atoms with Gasteiger partial charge in [0.25, 0.3) is 0 Å². The second-order valence-corrected chi connectivity index (χ2v) is 6.72. The molecule has 3 heterocycles. The highest BCUT2D eigenvalue weighted by Gasteiger charge is 2.34. The third-order valence-electron chi connectivity index (χ3n) is 3.34. The molecule has 126 valence electrons. The molecular formula is C13H14N6O3S2. The Labute approximate surface area is 145 Å². The number of aldehydes is 1. The van der Waals surface area contributed by atoms with Gasteiger partial charge in [0.15, 0.2) is 5.13 Å². The largest absolute Gasteiger partial charge is 0.375 e. The normalized spacial score (nSPS) is 20.0. The molecule has 0 spiro atoms. The van der Waals surface area contributed by atoms with Crippen LogP contribution in [0.1, 0.15) is 11.7 Å². The van der Waals surface area contributed by atoms with E-state index in [-0.39, 0.29) is 6.54 Å². The molecule has 0 saturated carbocycles. The molecule has 0 radical (unpaired) electrons. The molecule has 1 atom stereocenters. The van der Waals surface area contributed by atoms with Crippen molar-refractivity contribution in [3.63, 3.8) is 0 Å². The first-order valence-corrected chi connectivity index (χ1v) is 8.92. The molecule has 9 nitrogen and oxygen atoms in total. The van der Waals surface area contributed by atoms with Crippen LogP contribution in [0.25, 0.3) is 0 Å². The summed E-state index contributed by atoms with van der Waals surface area (Å²) in [4.78, 5) is 40.7. The minimum atomic E-state index is -0.951. The van der Waals surface area contributed by atoms with Crippen molar-refractivity contribution in [1.82, 2.24) is 20.2 Å². The van der Waals surface area contributed by atoms with Crippen LogP contribution in [-0.4, -0.2) is 57.8 Å². The smallest absolute Gasteiger partial charge is 0.348 e. The quantitative estimate of drug-likeness (QED) is 0.768. The van der Waals surface area contributed by atoms with E-state index in [1.165, 1.54) is 16.3 Å². The zero-order valence-corrected chi connectivity index (χ0v) is 14.0. The fourth-order valence-electron chi connectivity index (χ4n) is 2.16. The van der Waals surface area contributed by atoms with E-state index >= 15 is 0 Å². The number of nitrogen functional groups attached to an aromatic ring is 1. The highest BCUT2D eigenvalue weighted by molar-refractivity contribution is 8.03. The summed E-state index contributed by atoms with van der Waals surface area (Å²) in [5.41, 5.74) is 6.65. The molecule has 0 aliphatic carbocycles. The molecule has 1 saturated heterocycles. The van der Waals surface area contributed by atoms with Gasteiger partial charge in [-0.3, -0.25) is 0 Å². The Bertz CT molecular complexity index is 731. The van der Waals surface area contributed by atoms with E-state index in [1.807, 2.05) is 11.5 Å². The second-order valence-electron chi connectivity index (χ2n) is 4.94. The van der Waals surface area contributed by atoms with Crippen LogP contribution in [0.15, 0.2) is 22.0 Å². The van der Waals surface area contributed by atoms with E-state index in [4.69, 9.17) is 5.73 Å². The van der Waals surface area contributed by atoms with E-state index in [1.54, 1.807) is 17.1 Å². The fourth-order valence-corrected chi connectivity index (χ4v) is 3.44. The van der Waals surface area contributed by atoms with Crippen molar-refractivity contribution >= 4 is 52.3 Å². The van der Waals surface area contributed by atoms with Gasteiger partial charge in [0, 0.05) is 11.1 Å². The molecular weight excluding hydrogens is 352 g/mol. The number of anilines is 1. The highest BCUT2D eigenvalue weighted by Crippen LogP contribution is 2.19. The van der Waals surface area contributed by atoms with Crippen LogP contribution in [0, 0.1) is 0 Å². The SMILES string of the molecule is Nc1nc(C(C=O)NC(=O)N2CCN(N=C3C=CSC3)C2=O)cs1. The van der Waals surface area contributed by atoms with E-state index in [9.17, 15) is 14.4 Å². The third-order valence-corrected chi connectivity index (χ3v) is 4.83. The number of hydrogen-bond acceptors (Lipinski definition) is 8. The van der Waals surface area contributed by atoms with Crippen molar-refractivity contribution < 1.29 is 14.4 Å². The summed E-state index contributed by atoms with van der Waals surface area (Å²) in [7, 11) is 0. The topological polar surface area (TPSA) is 121 Å². The lowest BCUT2D eigenvalue weighted by molar-refractivity contribution is -0.109. The number of imide groups is 1. The molecule has 3 N–H and O–H groups in total. The number of nitrogens with zero attached hydrogens (tertiary/aromatic N) is 4. The monoisotopic (exact) mass is 366 g/mol. The minimum Gasteiger partial charge on any atom is -0.375 e. The summed E-state index contributed by atoms with van der Waals surface area (Å²) in [5.74, 6) is 0.703. The Hall–Kier alpha value is -2.40. The number of carbonyl (C=O) groups excluding carboxylic acids is 3. The number of urea groups is 2. The van der Waals surface area contributed by atoms with Crippen LogP contribution in [0.5, 0.6) is 0 Å². The molecule has 24 heavy (non-hydrogen) atoms. The van der Waals surface area contributed by atoms with Gasteiger partial charge in [-0.15, -0.1) is 23.1 Å². The van der Waals surface area contributed by atoms with Gasteiger partial charge in [-0.25, -0.2) is 24.5 Å². The summed E-state index contributed by atoms with van der Waals surface area (Å²) in [6.45, 7) is 0.507. The summed E-state index contributed by atoms with van der Waals surface area (Å²) in [6.07, 6.45) is 2.38. The number of hydrogen-bond donors (Lipinski definition) is 2. The maximum Gasteiger partial charge on any atom is 0.348 e. The summed E-state index contributed by atoms with van der Waals surface area (Å²) < 4.78 is 0. The molecule has 11 heteroatoms. The van der Waals surface area contributed by atoms with E-state index in [2.05, 4.69) is 15.4 Å². The van der Waals surface area contributed by atoms with Crippen LogP contribution in [0.4, 0.5) is 14.7 Å². The number of hydrazone groups is 1. The van der Waals surface area contributed by atoms with Crippen LogP contribution in [0.3, 0.4) is 0 Å². The minimum absolute atomic E-state index is 0.198. The molecule has 2 aliphatic rings. The van der Waals surface area contributed by atoms with Crippen LogP contribution < -0.4 is 11.1 Å². The van der Waals surface area contributed by atoms with Gasteiger partial charge < -0.3 is 15.8 Å². The first-order chi connectivity index (χ1) is 11.6. The van der Waals surface area contributed by atoms with Gasteiger partial charge in [0.1, 0.15) is 12.3 Å². The molecule has 1 aromatic rings. The lowest BCUT2D eigenvalue weighted by Gasteiger charge is -2.17. The third kappa shape index (κ3) is 3.41. The predicted octanol–water partition coefficient (Wildman–Crippen LogP) is 1.03. The lowest BCUT2D eigenvalue weighted by Crippen LogP contribution is -2.44. The molecule has 4 amide bonds. The zero-order valence-electron chi connectivity index (χ0n) is 12.4. The zero-order chi connectivity index (χ0) is 17.1. The molecule has 0 aromatic carbocycles. The van der Waals surface area contributed by atoms with Crippen molar-refractivity contribution in [2.75, 3.05) is 24.6 Å². The first kappa shape index (κ1) is 16.5. The van der Waals surface area contributed by atoms with Gasteiger partial charge in [0.2, 0.25) is 0 Å². The average Bonchev–Trinajstić information content (AvgIpc) is 3.29. The van der Waals surface area contributed by atoms with Crippen molar-refractivity contribution in [3.8, 4) is 0 Å². The van der Waals surface area contributed by atoms with Crippen molar-refractivity contribution in [2.45, 2.75) is 6.04 Å². The predicted molar refractivity (Wildman–Crippen MR) is 91.7 cm³/mol. The number of aromatic nitrogens is 1. The van der Waals surface area contributed by atoms with Crippen molar-refractivity contribution in [2.24, 2.45) is 5.10 Å². The van der Waals surface area contributed by atoms with Crippen LogP contribution in [0.2, 0.25) is 0 Å². The Morgan fingerprint density at radius 1 is 1.50 bits per heavy atom. The van der Waals surface area contributed by atoms with Crippen molar-refractivity contribution in [1.29, 1.82) is 0 Å². The van der Waals surface area contributed by atoms with Gasteiger partial charge >= 0.3 is 12.1 Å². The maximum atomic E-state index is 12.3. The lowest BCUT2D eigenvalue weighted by atomic mass is 10.2. The molecule has 1 aromatic heterocycles. The Kier molecular flexibility index (Phi) is 4.81. The van der Waals surface area contributed by atoms with E-state index < -0.39 is 18.1 Å². The van der Waals surface area contributed by atoms with Gasteiger partial charge in [-0.2, -0.15) is 5.10 Å². The Balaban J connectivity index is 1.64. The fraction of sp³-hybridized carbons (Fsp3) is 0.308. The number of allylic oxidation sites excluding steroid dienone is 1. The highest BCUT2D eigenvalue weighted by atomic mass is 32.2. The number of nitrogens with one attached hydrogen (secondary N) is 1. The van der Waals surface area contributed by atoms with Gasteiger partial charge in [-0.1, -0.05) is 0 Å². The molecule has 1 unspecified atom stereocenters. The Morgan fingerprint density at radius 2 is 2.33 bits per heavy atom. The van der Waals surface area contributed by atoms with Crippen molar-refractivity contribution in [3.05, 3.63) is 22.6 Å². The van der Waals surface area contributed by atoms with E-state index in [0.29, 0.717) is 29.4 Å². The maximum absolute atomic E-state index is 12.3. The number of thioether (sulfide) groups is 1. The molecule has 2 aliphatic heterocycles. The van der Waals surface area contributed by atoms with Gasteiger partial charge in [0.05, 0.1) is 24.5 Å². The number of thiazole rings is 1. The average molecular weight is 366 g/mol. The first-order valence-electron chi connectivity index (χ1n) is 7.00. The molecule has 0 bridgehead atoms. The second kappa shape index (κ2) is 7.01. The standard InChI is InChI=1S/C13H14N6O3S2/c14-11-15-10(7-24-11)9(5-20)16-12(21)18-2-3-19(13(18)22)17-8-1-4-23-6-8/h1,4-5,7,9H,2-3,6H2,(H2,14,15)(H,16,21). The summed E-state index contributed by atoms with van der Waals surface area (Å²) >= 11 is 2.76. The number of rotatable bonds is 4. The van der Waals surface area contributed by atoms with Gasteiger partial charge in [-0.05, 0) is 11.5 Å². The number of nitrogens with two attached hydrogens (primary N) is 1. The Morgan fingerprint density at radius 3 is 2.96 bits per heavy atom. The molecule has 3 rings (SSSR count). The summed E-state index contributed by atoms with van der Waals surface area (Å²) in [6, 6.07) is -2.14. The summed E-state index contributed by atoms with van der Waals surface area (Å²) in [5, 5.41) is 11.7. The molecule has 1 fully saturated rings. The number of amides is 4. The van der Waals surface area contributed by atoms with Crippen LogP contribution >= 0.6 is 23.1 Å².